The molecule has 1 atom stereocenters. The van der Waals surface area contributed by atoms with E-state index in [2.05, 4.69) is 31.2 Å². The Bertz CT molecular complexity index is 995. The normalized spacial score (nSPS) is 15.1. The number of benzene rings is 3. The molecule has 1 aliphatic rings. The summed E-state index contributed by atoms with van der Waals surface area (Å²) in [4.78, 5) is 0. The zero-order valence-corrected chi connectivity index (χ0v) is 15.3. The number of fused-ring (bicyclic) bond motifs is 3. The molecule has 3 aromatic carbocycles. The molecule has 0 heterocycles. The third-order valence-electron chi connectivity index (χ3n) is 5.06. The summed E-state index contributed by atoms with van der Waals surface area (Å²) in [6, 6.07) is 16.1. The summed E-state index contributed by atoms with van der Waals surface area (Å²) in [5, 5.41) is 1.22. The molecule has 2 nitrogen and oxygen atoms in total. The fourth-order valence-corrected chi connectivity index (χ4v) is 4.43. The van der Waals surface area contributed by atoms with Gasteiger partial charge in [0.15, 0.2) is 0 Å². The van der Waals surface area contributed by atoms with E-state index in [1.54, 1.807) is 6.07 Å². The van der Waals surface area contributed by atoms with Crippen LogP contribution in [0.2, 0.25) is 10.0 Å². The van der Waals surface area contributed by atoms with Crippen LogP contribution in [0.1, 0.15) is 29.5 Å². The summed E-state index contributed by atoms with van der Waals surface area (Å²) in [6.45, 7) is 2.57. The lowest BCUT2D eigenvalue weighted by Gasteiger charge is -2.20. The van der Waals surface area contributed by atoms with E-state index < -0.39 is 0 Å². The fraction of sp³-hybridized carbons (Fsp3) is 0.143. The molecule has 0 aromatic heterocycles. The molecule has 0 bridgehead atoms. The summed E-state index contributed by atoms with van der Waals surface area (Å²) in [5.74, 6) is 0.249. The van der Waals surface area contributed by atoms with Gasteiger partial charge in [0.2, 0.25) is 0 Å². The number of nitrogen functional groups attached to an aromatic ring is 1. The summed E-state index contributed by atoms with van der Waals surface area (Å²) >= 11 is 12.6. The van der Waals surface area contributed by atoms with E-state index in [-0.39, 0.29) is 5.92 Å². The Morgan fingerprint density at radius 2 is 1.72 bits per heavy atom. The van der Waals surface area contributed by atoms with Gasteiger partial charge in [-0.05, 0) is 51.6 Å². The van der Waals surface area contributed by atoms with Gasteiger partial charge in [-0.15, -0.1) is 0 Å². The third kappa shape index (κ3) is 2.44. The van der Waals surface area contributed by atoms with Crippen LogP contribution in [0.3, 0.4) is 0 Å². The minimum absolute atomic E-state index is 0.249. The smallest absolute Gasteiger partial charge is 0.0499 e. The second kappa shape index (κ2) is 6.06. The van der Waals surface area contributed by atoms with Gasteiger partial charge in [0.05, 0.1) is 0 Å². The SMILES string of the molecule is CC1c2ccccc2-c2cc(N)c(CN)c(-c3ccc(Cl)cc3Cl)c21. The van der Waals surface area contributed by atoms with Crippen molar-refractivity contribution >= 4 is 28.9 Å². The molecule has 4 rings (SSSR count). The molecule has 126 valence electrons. The molecule has 0 spiro atoms. The number of rotatable bonds is 2. The van der Waals surface area contributed by atoms with E-state index in [1.807, 2.05) is 18.2 Å². The van der Waals surface area contributed by atoms with Crippen molar-refractivity contribution < 1.29 is 0 Å². The first-order valence-electron chi connectivity index (χ1n) is 8.23. The molecular weight excluding hydrogens is 351 g/mol. The first-order valence-corrected chi connectivity index (χ1v) is 8.98. The highest BCUT2D eigenvalue weighted by Gasteiger charge is 2.31. The van der Waals surface area contributed by atoms with Crippen LogP contribution < -0.4 is 11.5 Å². The number of hydrogen-bond acceptors (Lipinski definition) is 2. The second-order valence-corrected chi connectivity index (χ2v) is 7.26. The van der Waals surface area contributed by atoms with Crippen molar-refractivity contribution in [3.8, 4) is 22.3 Å². The number of nitrogens with two attached hydrogens (primary N) is 2. The molecular formula is C21H18Cl2N2. The van der Waals surface area contributed by atoms with Crippen molar-refractivity contribution in [3.05, 3.63) is 75.3 Å². The molecule has 0 amide bonds. The van der Waals surface area contributed by atoms with Crippen molar-refractivity contribution in [2.75, 3.05) is 5.73 Å². The summed E-state index contributed by atoms with van der Waals surface area (Å²) in [6.07, 6.45) is 0. The van der Waals surface area contributed by atoms with Crippen molar-refractivity contribution in [1.82, 2.24) is 0 Å². The Labute approximate surface area is 157 Å². The first kappa shape index (κ1) is 16.5. The summed E-state index contributed by atoms with van der Waals surface area (Å²) < 4.78 is 0. The molecule has 0 radical (unpaired) electrons. The largest absolute Gasteiger partial charge is 0.398 e. The Kier molecular flexibility index (Phi) is 3.99. The number of anilines is 1. The predicted octanol–water partition coefficient (Wildman–Crippen LogP) is 5.83. The van der Waals surface area contributed by atoms with Gasteiger partial charge in [0.1, 0.15) is 0 Å². The minimum Gasteiger partial charge on any atom is -0.398 e. The molecule has 4 heteroatoms. The molecule has 3 aromatic rings. The molecule has 1 aliphatic carbocycles. The predicted molar refractivity (Wildman–Crippen MR) is 107 cm³/mol. The van der Waals surface area contributed by atoms with E-state index in [0.29, 0.717) is 22.3 Å². The molecule has 4 N–H and O–H groups in total. The monoisotopic (exact) mass is 368 g/mol. The van der Waals surface area contributed by atoms with E-state index in [4.69, 9.17) is 34.7 Å². The molecule has 0 aliphatic heterocycles. The maximum absolute atomic E-state index is 6.54. The standard InChI is InChI=1S/C21H18Cl2N2/c1-11-13-4-2-3-5-14(13)16-9-19(25)17(10-24)21(20(11)16)15-7-6-12(22)8-18(15)23/h2-9,11H,10,24-25H2,1H3. The lowest BCUT2D eigenvalue weighted by molar-refractivity contribution is 0.950. The number of halogens is 2. The Morgan fingerprint density at radius 3 is 2.44 bits per heavy atom. The highest BCUT2D eigenvalue weighted by molar-refractivity contribution is 6.36. The van der Waals surface area contributed by atoms with Crippen LogP contribution in [-0.2, 0) is 6.54 Å². The molecule has 0 saturated carbocycles. The van der Waals surface area contributed by atoms with Gasteiger partial charge in [0, 0.05) is 33.8 Å². The van der Waals surface area contributed by atoms with Crippen LogP contribution in [0.15, 0.2) is 48.5 Å². The Balaban J connectivity index is 2.10. The van der Waals surface area contributed by atoms with E-state index in [9.17, 15) is 0 Å². The zero-order chi connectivity index (χ0) is 17.7. The maximum atomic E-state index is 6.54. The van der Waals surface area contributed by atoms with E-state index in [0.717, 1.165) is 16.7 Å². The van der Waals surface area contributed by atoms with Crippen LogP contribution in [0, 0.1) is 0 Å². The topological polar surface area (TPSA) is 52.0 Å². The Hall–Kier alpha value is -2.00. The van der Waals surface area contributed by atoms with Crippen LogP contribution in [0.4, 0.5) is 5.69 Å². The van der Waals surface area contributed by atoms with Crippen molar-refractivity contribution in [3.63, 3.8) is 0 Å². The average Bonchev–Trinajstić information content (AvgIpc) is 2.87. The van der Waals surface area contributed by atoms with Gasteiger partial charge in [-0.2, -0.15) is 0 Å². The highest BCUT2D eigenvalue weighted by Crippen LogP contribution is 2.52. The van der Waals surface area contributed by atoms with Gasteiger partial charge in [-0.1, -0.05) is 60.5 Å². The highest BCUT2D eigenvalue weighted by atomic mass is 35.5. The fourth-order valence-electron chi connectivity index (χ4n) is 3.93. The van der Waals surface area contributed by atoms with Crippen LogP contribution in [0.5, 0.6) is 0 Å². The van der Waals surface area contributed by atoms with Crippen molar-refractivity contribution in [2.45, 2.75) is 19.4 Å². The quantitative estimate of drug-likeness (QED) is 0.558. The van der Waals surface area contributed by atoms with Crippen molar-refractivity contribution in [2.24, 2.45) is 5.73 Å². The first-order chi connectivity index (χ1) is 12.0. The molecule has 0 saturated heterocycles. The molecule has 25 heavy (non-hydrogen) atoms. The lowest BCUT2D eigenvalue weighted by atomic mass is 9.86. The lowest BCUT2D eigenvalue weighted by Crippen LogP contribution is -2.07. The van der Waals surface area contributed by atoms with Gasteiger partial charge >= 0.3 is 0 Å². The van der Waals surface area contributed by atoms with Gasteiger partial charge < -0.3 is 11.5 Å². The maximum Gasteiger partial charge on any atom is 0.0499 e. The van der Waals surface area contributed by atoms with Crippen LogP contribution in [0.25, 0.3) is 22.3 Å². The number of hydrogen-bond donors (Lipinski definition) is 2. The molecule has 1 unspecified atom stereocenters. The zero-order valence-electron chi connectivity index (χ0n) is 13.8. The van der Waals surface area contributed by atoms with E-state index in [1.165, 1.54) is 22.3 Å². The van der Waals surface area contributed by atoms with Crippen LogP contribution in [-0.4, -0.2) is 0 Å². The average molecular weight is 369 g/mol. The van der Waals surface area contributed by atoms with Crippen molar-refractivity contribution in [1.29, 1.82) is 0 Å². The second-order valence-electron chi connectivity index (χ2n) is 6.42. The van der Waals surface area contributed by atoms with Gasteiger partial charge in [0.25, 0.3) is 0 Å². The van der Waals surface area contributed by atoms with Gasteiger partial charge in [-0.25, -0.2) is 0 Å². The minimum atomic E-state index is 0.249. The molecule has 0 fully saturated rings. The van der Waals surface area contributed by atoms with Crippen LogP contribution >= 0.6 is 23.2 Å². The third-order valence-corrected chi connectivity index (χ3v) is 5.61. The Morgan fingerprint density at radius 1 is 0.960 bits per heavy atom. The summed E-state index contributed by atoms with van der Waals surface area (Å²) in [5.41, 5.74) is 21.0. The van der Waals surface area contributed by atoms with E-state index >= 15 is 0 Å². The summed E-state index contributed by atoms with van der Waals surface area (Å²) in [7, 11) is 0. The van der Waals surface area contributed by atoms with Gasteiger partial charge in [-0.3, -0.25) is 0 Å².